The number of amides is 1. The van der Waals surface area contributed by atoms with Crippen LogP contribution in [0.5, 0.6) is 0 Å². The van der Waals surface area contributed by atoms with E-state index in [-0.39, 0.29) is 17.7 Å². The Hall–Kier alpha value is -2.12. The highest BCUT2D eigenvalue weighted by molar-refractivity contribution is 5.86. The zero-order valence-corrected chi connectivity index (χ0v) is 10.1. The highest BCUT2D eigenvalue weighted by atomic mass is 16.6. The molecule has 1 atom stereocenters. The van der Waals surface area contributed by atoms with Gasteiger partial charge in [-0.2, -0.15) is 0 Å². The number of hydrogen-bond donors (Lipinski definition) is 2. The number of cyclic esters (lactones) is 1. The molecule has 1 aliphatic rings. The average Bonchev–Trinajstić information content (AvgIpc) is 2.85. The monoisotopic (exact) mass is 254 g/mol. The molecule has 98 valence electrons. The van der Waals surface area contributed by atoms with Gasteiger partial charge < -0.3 is 15.2 Å². The van der Waals surface area contributed by atoms with E-state index in [0.717, 1.165) is 0 Å². The van der Waals surface area contributed by atoms with Crippen molar-refractivity contribution in [3.63, 3.8) is 0 Å². The Morgan fingerprint density at radius 1 is 1.67 bits per heavy atom. The molecule has 1 aliphatic heterocycles. The molecular formula is C10H14N4O4. The van der Waals surface area contributed by atoms with Gasteiger partial charge in [0, 0.05) is 0 Å². The summed E-state index contributed by atoms with van der Waals surface area (Å²) < 4.78 is 6.47. The number of rotatable bonds is 4. The van der Waals surface area contributed by atoms with Gasteiger partial charge in [0.25, 0.3) is 0 Å². The van der Waals surface area contributed by atoms with Crippen LogP contribution >= 0.6 is 0 Å². The Kier molecular flexibility index (Phi) is 3.17. The Balaban J connectivity index is 2.22. The van der Waals surface area contributed by atoms with Crippen LogP contribution in [-0.4, -0.2) is 44.8 Å². The number of ether oxygens (including phenoxy) is 1. The van der Waals surface area contributed by atoms with Crippen LogP contribution in [0.25, 0.3) is 0 Å². The maximum atomic E-state index is 11.0. The van der Waals surface area contributed by atoms with E-state index in [1.165, 1.54) is 4.68 Å². The summed E-state index contributed by atoms with van der Waals surface area (Å²) in [5.74, 6) is -1.14. The fourth-order valence-corrected chi connectivity index (χ4v) is 1.91. The Bertz CT molecular complexity index is 482. The molecule has 8 nitrogen and oxygen atoms in total. The van der Waals surface area contributed by atoms with Gasteiger partial charge in [-0.3, -0.25) is 0 Å². The molecule has 0 aromatic carbocycles. The van der Waals surface area contributed by atoms with E-state index in [2.05, 4.69) is 15.6 Å². The van der Waals surface area contributed by atoms with Gasteiger partial charge in [0.15, 0.2) is 5.69 Å². The van der Waals surface area contributed by atoms with Crippen molar-refractivity contribution in [2.45, 2.75) is 32.4 Å². The third kappa shape index (κ3) is 2.27. The van der Waals surface area contributed by atoms with E-state index in [4.69, 9.17) is 9.84 Å². The van der Waals surface area contributed by atoms with E-state index in [0.29, 0.717) is 18.8 Å². The van der Waals surface area contributed by atoms with Gasteiger partial charge in [0.05, 0.1) is 18.8 Å². The molecule has 0 saturated carbocycles. The molecule has 18 heavy (non-hydrogen) atoms. The number of carbonyl (C=O) groups excluding carboxylic acids is 1. The van der Waals surface area contributed by atoms with Crippen LogP contribution in [0.15, 0.2) is 0 Å². The third-order valence-electron chi connectivity index (χ3n) is 2.65. The van der Waals surface area contributed by atoms with Gasteiger partial charge in [-0.1, -0.05) is 19.1 Å². The molecular weight excluding hydrogens is 240 g/mol. The number of nitrogens with one attached hydrogen (secondary N) is 1. The lowest BCUT2D eigenvalue weighted by Gasteiger charge is -2.12. The smallest absolute Gasteiger partial charge is 0.407 e. The maximum Gasteiger partial charge on any atom is 0.407 e. The van der Waals surface area contributed by atoms with E-state index >= 15 is 0 Å². The molecule has 1 unspecified atom stereocenters. The minimum atomic E-state index is -1.11. The lowest BCUT2D eigenvalue weighted by Crippen LogP contribution is -2.23. The second kappa shape index (κ2) is 4.63. The zero-order chi connectivity index (χ0) is 13.3. The van der Waals surface area contributed by atoms with Crippen molar-refractivity contribution in [2.75, 3.05) is 6.54 Å². The fourth-order valence-electron chi connectivity index (χ4n) is 1.91. The average molecular weight is 254 g/mol. The minimum Gasteiger partial charge on any atom is -0.476 e. The first kappa shape index (κ1) is 12.3. The Morgan fingerprint density at radius 2 is 2.39 bits per heavy atom. The van der Waals surface area contributed by atoms with Gasteiger partial charge in [0.1, 0.15) is 6.10 Å². The largest absolute Gasteiger partial charge is 0.476 e. The van der Waals surface area contributed by atoms with Gasteiger partial charge in [-0.15, -0.1) is 5.10 Å². The molecule has 0 bridgehead atoms. The van der Waals surface area contributed by atoms with Crippen LogP contribution in [-0.2, 0) is 11.3 Å². The van der Waals surface area contributed by atoms with Gasteiger partial charge in [-0.05, 0) is 5.92 Å². The number of aromatic carboxylic acids is 1. The molecule has 1 fully saturated rings. The van der Waals surface area contributed by atoms with E-state index < -0.39 is 12.1 Å². The second-order valence-corrected chi connectivity index (χ2v) is 4.37. The van der Waals surface area contributed by atoms with Crippen LogP contribution in [0, 0.1) is 0 Å². The van der Waals surface area contributed by atoms with Crippen molar-refractivity contribution in [1.29, 1.82) is 0 Å². The highest BCUT2D eigenvalue weighted by Gasteiger charge is 2.27. The first-order valence-corrected chi connectivity index (χ1v) is 5.60. The van der Waals surface area contributed by atoms with E-state index in [1.54, 1.807) is 0 Å². The quantitative estimate of drug-likeness (QED) is 0.795. The summed E-state index contributed by atoms with van der Waals surface area (Å²) in [5.41, 5.74) is 0.479. The van der Waals surface area contributed by atoms with Crippen molar-refractivity contribution in [3.05, 3.63) is 11.4 Å². The van der Waals surface area contributed by atoms with Crippen molar-refractivity contribution in [2.24, 2.45) is 0 Å². The predicted molar refractivity (Wildman–Crippen MR) is 59.3 cm³/mol. The van der Waals surface area contributed by atoms with Crippen molar-refractivity contribution in [1.82, 2.24) is 20.3 Å². The minimum absolute atomic E-state index is 0.0313. The molecule has 2 N–H and O–H groups in total. The van der Waals surface area contributed by atoms with Gasteiger partial charge in [0.2, 0.25) is 0 Å². The van der Waals surface area contributed by atoms with E-state index in [9.17, 15) is 9.59 Å². The third-order valence-corrected chi connectivity index (χ3v) is 2.65. The van der Waals surface area contributed by atoms with Crippen LogP contribution in [0.2, 0.25) is 0 Å². The number of carbonyl (C=O) groups is 2. The molecule has 8 heteroatoms. The van der Waals surface area contributed by atoms with Crippen LogP contribution in [0.4, 0.5) is 4.79 Å². The summed E-state index contributed by atoms with van der Waals surface area (Å²) in [5, 5.41) is 19.0. The number of aromatic nitrogens is 3. The highest BCUT2D eigenvalue weighted by Crippen LogP contribution is 2.18. The second-order valence-electron chi connectivity index (χ2n) is 4.37. The number of nitrogens with zero attached hydrogens (tertiary/aromatic N) is 3. The molecule has 2 rings (SSSR count). The standard InChI is InChI=1S/C10H14N4O4/c1-5(2)8-7(9(15)16)12-13-14(8)4-6-3-11-10(17)18-6/h5-6H,3-4H2,1-2H3,(H,11,17)(H,15,16). The molecule has 0 aliphatic carbocycles. The Labute approximate surface area is 103 Å². The number of carboxylic acids is 1. The summed E-state index contributed by atoms with van der Waals surface area (Å²) >= 11 is 0. The number of hydrogen-bond acceptors (Lipinski definition) is 5. The number of alkyl carbamates (subject to hydrolysis) is 1. The summed E-state index contributed by atoms with van der Waals surface area (Å²) in [6.45, 7) is 4.41. The van der Waals surface area contributed by atoms with Crippen molar-refractivity contribution < 1.29 is 19.4 Å². The number of carboxylic acid groups (broad SMARTS) is 1. The first-order valence-electron chi connectivity index (χ1n) is 5.60. The normalized spacial score (nSPS) is 18.8. The lowest BCUT2D eigenvalue weighted by molar-refractivity contribution is 0.0688. The lowest BCUT2D eigenvalue weighted by atomic mass is 10.1. The summed E-state index contributed by atoms with van der Waals surface area (Å²) in [6.07, 6.45) is -0.817. The molecule has 1 saturated heterocycles. The molecule has 2 heterocycles. The fraction of sp³-hybridized carbons (Fsp3) is 0.600. The summed E-state index contributed by atoms with van der Waals surface area (Å²) in [7, 11) is 0. The van der Waals surface area contributed by atoms with Crippen molar-refractivity contribution in [3.8, 4) is 0 Å². The van der Waals surface area contributed by atoms with Gasteiger partial charge in [-0.25, -0.2) is 14.3 Å². The molecule has 1 amide bonds. The van der Waals surface area contributed by atoms with Crippen LogP contribution in [0.1, 0.15) is 35.9 Å². The maximum absolute atomic E-state index is 11.0. The Morgan fingerprint density at radius 3 is 2.89 bits per heavy atom. The van der Waals surface area contributed by atoms with E-state index in [1.807, 2.05) is 13.8 Å². The zero-order valence-electron chi connectivity index (χ0n) is 10.1. The molecule has 0 radical (unpaired) electrons. The first-order chi connectivity index (χ1) is 8.49. The SMILES string of the molecule is CC(C)c1c(C(=O)O)nnn1CC1CNC(=O)O1. The van der Waals surface area contributed by atoms with Crippen LogP contribution < -0.4 is 5.32 Å². The molecule has 1 aromatic rings. The topological polar surface area (TPSA) is 106 Å². The molecule has 1 aromatic heterocycles. The van der Waals surface area contributed by atoms with Crippen molar-refractivity contribution >= 4 is 12.1 Å². The summed E-state index contributed by atoms with van der Waals surface area (Å²) in [4.78, 5) is 21.9. The summed E-state index contributed by atoms with van der Waals surface area (Å²) in [6, 6.07) is 0. The van der Waals surface area contributed by atoms with Crippen LogP contribution in [0.3, 0.4) is 0 Å². The molecule has 0 spiro atoms. The predicted octanol–water partition coefficient (Wildman–Crippen LogP) is 0.208. The van der Waals surface area contributed by atoms with Gasteiger partial charge >= 0.3 is 12.1 Å².